The highest BCUT2D eigenvalue weighted by atomic mass is 19.2. The van der Waals surface area contributed by atoms with Crippen LogP contribution in [0.15, 0.2) is 36.2 Å². The quantitative estimate of drug-likeness (QED) is 0.494. The lowest BCUT2D eigenvalue weighted by molar-refractivity contribution is 0.00755. The first-order chi connectivity index (χ1) is 9.59. The van der Waals surface area contributed by atoms with Crippen molar-refractivity contribution in [2.75, 3.05) is 6.67 Å². The summed E-state index contributed by atoms with van der Waals surface area (Å²) in [4.78, 5) is 0. The third-order valence-corrected chi connectivity index (χ3v) is 4.34. The Morgan fingerprint density at radius 3 is 2.55 bits per heavy atom. The minimum atomic E-state index is -2.50. The van der Waals surface area contributed by atoms with Crippen molar-refractivity contribution in [2.45, 2.75) is 43.9 Å². The highest BCUT2D eigenvalue weighted by molar-refractivity contribution is 5.29. The standard InChI is InChI=1S/C16H20F4/c17-11-2-1-4-12-7-9-13(10-8-12)16(20)14(18)5-3-6-15(16)19/h1,3-6,12-14H,2,7-11H2/b4-1+. The lowest BCUT2D eigenvalue weighted by atomic mass is 9.71. The second-order valence-electron chi connectivity index (χ2n) is 5.59. The average Bonchev–Trinajstić information content (AvgIpc) is 2.46. The molecule has 0 amide bonds. The van der Waals surface area contributed by atoms with Crippen LogP contribution in [-0.4, -0.2) is 18.5 Å². The maximum Gasteiger partial charge on any atom is 0.199 e. The van der Waals surface area contributed by atoms with E-state index in [0.717, 1.165) is 12.2 Å². The Balaban J connectivity index is 1.96. The van der Waals surface area contributed by atoms with E-state index < -0.39 is 23.6 Å². The summed E-state index contributed by atoms with van der Waals surface area (Å²) in [6, 6.07) is 0. The van der Waals surface area contributed by atoms with Gasteiger partial charge >= 0.3 is 0 Å². The molecule has 2 atom stereocenters. The summed E-state index contributed by atoms with van der Waals surface area (Å²) in [7, 11) is 0. The number of hydrogen-bond acceptors (Lipinski definition) is 0. The molecule has 0 aromatic heterocycles. The molecular formula is C16H20F4. The predicted molar refractivity (Wildman–Crippen MR) is 72.2 cm³/mol. The third kappa shape index (κ3) is 2.99. The van der Waals surface area contributed by atoms with Crippen molar-refractivity contribution >= 4 is 0 Å². The zero-order valence-corrected chi connectivity index (χ0v) is 11.4. The summed E-state index contributed by atoms with van der Waals surface area (Å²) >= 11 is 0. The largest absolute Gasteiger partial charge is 0.251 e. The molecule has 2 aliphatic rings. The minimum absolute atomic E-state index is 0.269. The SMILES string of the molecule is FCC/C=C/C1CCC(C2(F)C(F)=CC=CC2F)CC1. The molecule has 0 spiro atoms. The van der Waals surface area contributed by atoms with Gasteiger partial charge in [-0.1, -0.05) is 18.2 Å². The molecule has 20 heavy (non-hydrogen) atoms. The van der Waals surface area contributed by atoms with Gasteiger partial charge in [0.2, 0.25) is 0 Å². The molecule has 1 fully saturated rings. The summed E-state index contributed by atoms with van der Waals surface area (Å²) in [6.45, 7) is -0.384. The second-order valence-corrected chi connectivity index (χ2v) is 5.59. The fraction of sp³-hybridized carbons (Fsp3) is 0.625. The van der Waals surface area contributed by atoms with E-state index in [1.54, 1.807) is 6.08 Å². The van der Waals surface area contributed by atoms with Gasteiger partial charge < -0.3 is 0 Å². The second kappa shape index (κ2) is 6.59. The molecule has 0 nitrogen and oxygen atoms in total. The minimum Gasteiger partial charge on any atom is -0.251 e. The Morgan fingerprint density at radius 2 is 1.95 bits per heavy atom. The molecule has 112 valence electrons. The van der Waals surface area contributed by atoms with Gasteiger partial charge in [0.25, 0.3) is 0 Å². The van der Waals surface area contributed by atoms with Gasteiger partial charge in [-0.15, -0.1) is 0 Å². The van der Waals surface area contributed by atoms with E-state index in [-0.39, 0.29) is 12.6 Å². The van der Waals surface area contributed by atoms with Crippen LogP contribution < -0.4 is 0 Å². The van der Waals surface area contributed by atoms with Gasteiger partial charge in [0.05, 0.1) is 6.67 Å². The van der Waals surface area contributed by atoms with E-state index in [1.807, 2.05) is 6.08 Å². The van der Waals surface area contributed by atoms with Crippen LogP contribution in [0, 0.1) is 11.8 Å². The lowest BCUT2D eigenvalue weighted by Gasteiger charge is -2.39. The summed E-state index contributed by atoms with van der Waals surface area (Å²) in [5.41, 5.74) is -2.50. The summed E-state index contributed by atoms with van der Waals surface area (Å²) in [5, 5.41) is 0. The highest BCUT2D eigenvalue weighted by Crippen LogP contribution is 2.46. The zero-order chi connectivity index (χ0) is 14.6. The molecular weight excluding hydrogens is 268 g/mol. The molecule has 0 aromatic carbocycles. The van der Waals surface area contributed by atoms with Crippen LogP contribution in [0.5, 0.6) is 0 Å². The van der Waals surface area contributed by atoms with Crippen molar-refractivity contribution in [3.63, 3.8) is 0 Å². The monoisotopic (exact) mass is 288 g/mol. The third-order valence-electron chi connectivity index (χ3n) is 4.34. The fourth-order valence-corrected chi connectivity index (χ4v) is 3.14. The van der Waals surface area contributed by atoms with Gasteiger partial charge in [0, 0.05) is 5.92 Å². The van der Waals surface area contributed by atoms with Gasteiger partial charge in [0.1, 0.15) is 5.83 Å². The highest BCUT2D eigenvalue weighted by Gasteiger charge is 2.51. The number of hydrogen-bond donors (Lipinski definition) is 0. The van der Waals surface area contributed by atoms with Crippen molar-refractivity contribution in [1.29, 1.82) is 0 Å². The Labute approximate surface area is 117 Å². The summed E-state index contributed by atoms with van der Waals surface area (Å²) in [6.07, 6.45) is 7.85. The first-order valence-electron chi connectivity index (χ1n) is 7.19. The van der Waals surface area contributed by atoms with Crippen LogP contribution in [-0.2, 0) is 0 Å². The number of rotatable bonds is 4. The van der Waals surface area contributed by atoms with Crippen LogP contribution in [0.25, 0.3) is 0 Å². The van der Waals surface area contributed by atoms with Crippen LogP contribution in [0.1, 0.15) is 32.1 Å². The summed E-state index contributed by atoms with van der Waals surface area (Å²) in [5.74, 6) is -1.35. The average molecular weight is 288 g/mol. The molecule has 0 heterocycles. The van der Waals surface area contributed by atoms with Crippen molar-refractivity contribution in [1.82, 2.24) is 0 Å². The van der Waals surface area contributed by atoms with E-state index in [0.29, 0.717) is 32.1 Å². The first-order valence-corrected chi connectivity index (χ1v) is 7.19. The van der Waals surface area contributed by atoms with Crippen molar-refractivity contribution in [2.24, 2.45) is 11.8 Å². The maximum atomic E-state index is 14.7. The van der Waals surface area contributed by atoms with Crippen molar-refractivity contribution in [3.8, 4) is 0 Å². The van der Waals surface area contributed by atoms with E-state index in [2.05, 4.69) is 0 Å². The fourth-order valence-electron chi connectivity index (χ4n) is 3.14. The molecule has 0 aliphatic heterocycles. The Bertz CT molecular complexity index is 405. The molecule has 4 heteroatoms. The zero-order valence-electron chi connectivity index (χ0n) is 11.4. The van der Waals surface area contributed by atoms with E-state index in [9.17, 15) is 17.6 Å². The summed E-state index contributed by atoms with van der Waals surface area (Å²) < 4.78 is 54.3. The number of halogens is 4. The van der Waals surface area contributed by atoms with Gasteiger partial charge in [-0.3, -0.25) is 4.39 Å². The van der Waals surface area contributed by atoms with Crippen LogP contribution in [0.4, 0.5) is 17.6 Å². The molecule has 0 radical (unpaired) electrons. The van der Waals surface area contributed by atoms with Crippen LogP contribution in [0.3, 0.4) is 0 Å². The molecule has 2 unspecified atom stereocenters. The van der Waals surface area contributed by atoms with Gasteiger partial charge in [-0.25, -0.2) is 13.2 Å². The van der Waals surface area contributed by atoms with Crippen molar-refractivity contribution in [3.05, 3.63) is 36.2 Å². The van der Waals surface area contributed by atoms with E-state index in [1.165, 1.54) is 6.08 Å². The molecule has 2 aliphatic carbocycles. The van der Waals surface area contributed by atoms with Gasteiger partial charge in [0.15, 0.2) is 11.8 Å². The smallest absolute Gasteiger partial charge is 0.199 e. The first kappa shape index (κ1) is 15.3. The molecule has 2 rings (SSSR count). The normalized spacial score (nSPS) is 38.2. The van der Waals surface area contributed by atoms with Crippen LogP contribution in [0.2, 0.25) is 0 Å². The molecule has 0 N–H and O–H groups in total. The van der Waals surface area contributed by atoms with Crippen LogP contribution >= 0.6 is 0 Å². The predicted octanol–water partition coefficient (Wildman–Crippen LogP) is 5.18. The molecule has 1 saturated carbocycles. The Kier molecular flexibility index (Phi) is 5.06. The number of allylic oxidation sites excluding steroid dienone is 6. The molecule has 0 bridgehead atoms. The molecule has 0 saturated heterocycles. The lowest BCUT2D eigenvalue weighted by Crippen LogP contribution is -2.45. The van der Waals surface area contributed by atoms with Gasteiger partial charge in [-0.2, -0.15) is 0 Å². The van der Waals surface area contributed by atoms with E-state index in [4.69, 9.17) is 0 Å². The van der Waals surface area contributed by atoms with Gasteiger partial charge in [-0.05, 0) is 50.2 Å². The molecule has 0 aromatic rings. The number of alkyl halides is 3. The van der Waals surface area contributed by atoms with Crippen molar-refractivity contribution < 1.29 is 17.6 Å². The Morgan fingerprint density at radius 1 is 1.25 bits per heavy atom. The maximum absolute atomic E-state index is 14.7. The Hall–Kier alpha value is -1.06. The topological polar surface area (TPSA) is 0 Å². The van der Waals surface area contributed by atoms with E-state index >= 15 is 0 Å².